The highest BCUT2D eigenvalue weighted by atomic mass is 16.2. The van der Waals surface area contributed by atoms with Crippen LogP contribution in [0, 0.1) is 0 Å². The van der Waals surface area contributed by atoms with E-state index in [0.29, 0.717) is 16.8 Å². The topological polar surface area (TPSA) is 66.5 Å². The van der Waals surface area contributed by atoms with Crippen LogP contribution in [-0.4, -0.2) is 28.7 Å². The van der Waals surface area contributed by atoms with Crippen LogP contribution < -0.4 is 5.32 Å². The predicted molar refractivity (Wildman–Crippen MR) is 106 cm³/mol. The number of para-hydroxylation sites is 1. The van der Waals surface area contributed by atoms with Crippen LogP contribution in [0.4, 0.5) is 5.69 Å². The summed E-state index contributed by atoms with van der Waals surface area (Å²) in [7, 11) is 0. The van der Waals surface area contributed by atoms with E-state index in [0.717, 1.165) is 10.5 Å². The molecule has 3 aromatic rings. The number of carbonyl (C=O) groups is 3. The Kier molecular flexibility index (Phi) is 4.72. The molecular formula is C23H18N2O3. The molecule has 1 atom stereocenters. The van der Waals surface area contributed by atoms with Crippen molar-refractivity contribution in [1.82, 2.24) is 4.90 Å². The molecule has 1 aliphatic rings. The summed E-state index contributed by atoms with van der Waals surface area (Å²) in [5, 5.41) is 2.82. The Morgan fingerprint density at radius 2 is 1.25 bits per heavy atom. The van der Waals surface area contributed by atoms with E-state index in [1.807, 2.05) is 48.5 Å². The maximum Gasteiger partial charge on any atom is 0.262 e. The van der Waals surface area contributed by atoms with Gasteiger partial charge in [0.05, 0.1) is 11.1 Å². The third-order valence-corrected chi connectivity index (χ3v) is 4.75. The van der Waals surface area contributed by atoms with Crippen LogP contribution in [0.2, 0.25) is 0 Å². The van der Waals surface area contributed by atoms with Gasteiger partial charge in [-0.2, -0.15) is 0 Å². The molecule has 3 aromatic carbocycles. The minimum Gasteiger partial charge on any atom is -0.324 e. The number of nitrogens with zero attached hydrogens (tertiary/aromatic N) is 1. The van der Waals surface area contributed by atoms with Gasteiger partial charge in [-0.15, -0.1) is 0 Å². The Labute approximate surface area is 162 Å². The van der Waals surface area contributed by atoms with Crippen molar-refractivity contribution in [2.24, 2.45) is 0 Å². The molecule has 0 fully saturated rings. The zero-order chi connectivity index (χ0) is 19.5. The zero-order valence-electron chi connectivity index (χ0n) is 15.0. The lowest BCUT2D eigenvalue weighted by molar-refractivity contribution is -0.119. The van der Waals surface area contributed by atoms with Crippen molar-refractivity contribution in [1.29, 1.82) is 0 Å². The maximum absolute atomic E-state index is 13.1. The van der Waals surface area contributed by atoms with Crippen LogP contribution in [0.3, 0.4) is 0 Å². The first-order valence-corrected chi connectivity index (χ1v) is 9.02. The number of imide groups is 1. The Hall–Kier alpha value is -3.73. The Bertz CT molecular complexity index is 997. The number of amides is 3. The molecule has 1 N–H and O–H groups in total. The van der Waals surface area contributed by atoms with Gasteiger partial charge in [0.25, 0.3) is 11.8 Å². The standard InChI is InChI=1S/C23H18N2O3/c26-21(24-17-11-5-2-6-12-17)20(15-16-9-3-1-4-10-16)25-22(27)18-13-7-8-14-19(18)23(25)28/h1-14,20H,15H2,(H,24,26)/t20-/m1/s1. The maximum atomic E-state index is 13.1. The van der Waals surface area contributed by atoms with Gasteiger partial charge in [-0.25, -0.2) is 0 Å². The first kappa shape index (κ1) is 17.7. The molecule has 0 aromatic heterocycles. The van der Waals surface area contributed by atoms with Gasteiger partial charge in [-0.05, 0) is 29.8 Å². The summed E-state index contributed by atoms with van der Waals surface area (Å²) in [5.41, 5.74) is 2.14. The average Bonchev–Trinajstić information content (AvgIpc) is 2.98. The fraction of sp³-hybridized carbons (Fsp3) is 0.0870. The molecule has 0 aliphatic carbocycles. The van der Waals surface area contributed by atoms with Gasteiger partial charge >= 0.3 is 0 Å². The molecule has 0 unspecified atom stereocenters. The minimum atomic E-state index is -0.949. The molecule has 1 heterocycles. The highest BCUT2D eigenvalue weighted by molar-refractivity contribution is 6.23. The van der Waals surface area contributed by atoms with E-state index in [1.165, 1.54) is 0 Å². The summed E-state index contributed by atoms with van der Waals surface area (Å²) in [4.78, 5) is 40.0. The van der Waals surface area contributed by atoms with Gasteiger partial charge in [-0.3, -0.25) is 19.3 Å². The molecule has 0 bridgehead atoms. The van der Waals surface area contributed by atoms with E-state index in [2.05, 4.69) is 5.32 Å². The van der Waals surface area contributed by atoms with E-state index in [4.69, 9.17) is 0 Å². The molecule has 0 saturated carbocycles. The summed E-state index contributed by atoms with van der Waals surface area (Å²) in [6.45, 7) is 0. The van der Waals surface area contributed by atoms with Gasteiger partial charge in [0.2, 0.25) is 5.91 Å². The lowest BCUT2D eigenvalue weighted by atomic mass is 10.0. The van der Waals surface area contributed by atoms with Crippen LogP contribution in [0.15, 0.2) is 84.9 Å². The zero-order valence-corrected chi connectivity index (χ0v) is 15.0. The molecule has 0 radical (unpaired) electrons. The van der Waals surface area contributed by atoms with Crippen LogP contribution in [0.25, 0.3) is 0 Å². The Balaban J connectivity index is 1.68. The van der Waals surface area contributed by atoms with E-state index in [-0.39, 0.29) is 6.42 Å². The largest absolute Gasteiger partial charge is 0.324 e. The monoisotopic (exact) mass is 370 g/mol. The third kappa shape index (κ3) is 3.30. The van der Waals surface area contributed by atoms with Crippen molar-refractivity contribution in [3.63, 3.8) is 0 Å². The molecule has 138 valence electrons. The first-order valence-electron chi connectivity index (χ1n) is 9.02. The van der Waals surface area contributed by atoms with E-state index in [9.17, 15) is 14.4 Å². The molecule has 3 amide bonds. The van der Waals surface area contributed by atoms with Gasteiger partial charge in [0.1, 0.15) is 6.04 Å². The predicted octanol–water partition coefficient (Wildman–Crippen LogP) is 3.53. The van der Waals surface area contributed by atoms with E-state index in [1.54, 1.807) is 36.4 Å². The number of hydrogen-bond donors (Lipinski definition) is 1. The van der Waals surface area contributed by atoms with Crippen molar-refractivity contribution < 1.29 is 14.4 Å². The molecule has 5 heteroatoms. The van der Waals surface area contributed by atoms with Crippen molar-refractivity contribution >= 4 is 23.4 Å². The van der Waals surface area contributed by atoms with Gasteiger partial charge in [0, 0.05) is 12.1 Å². The molecule has 28 heavy (non-hydrogen) atoms. The first-order chi connectivity index (χ1) is 13.6. The molecular weight excluding hydrogens is 352 g/mol. The van der Waals surface area contributed by atoms with Crippen LogP contribution >= 0.6 is 0 Å². The highest BCUT2D eigenvalue weighted by Crippen LogP contribution is 2.26. The number of carbonyl (C=O) groups excluding carboxylic acids is 3. The van der Waals surface area contributed by atoms with E-state index < -0.39 is 23.8 Å². The van der Waals surface area contributed by atoms with Gasteiger partial charge in [0.15, 0.2) is 0 Å². The summed E-state index contributed by atoms with van der Waals surface area (Å²) in [6, 6.07) is 24.1. The quantitative estimate of drug-likeness (QED) is 0.699. The van der Waals surface area contributed by atoms with Crippen molar-refractivity contribution in [2.45, 2.75) is 12.5 Å². The van der Waals surface area contributed by atoms with Crippen molar-refractivity contribution in [2.75, 3.05) is 5.32 Å². The van der Waals surface area contributed by atoms with Gasteiger partial charge < -0.3 is 5.32 Å². The summed E-state index contributed by atoms with van der Waals surface area (Å²) in [5.74, 6) is -1.28. The number of hydrogen-bond acceptors (Lipinski definition) is 3. The smallest absolute Gasteiger partial charge is 0.262 e. The second-order valence-corrected chi connectivity index (χ2v) is 6.59. The fourth-order valence-electron chi connectivity index (χ4n) is 3.38. The Morgan fingerprint density at radius 1 is 0.750 bits per heavy atom. The number of nitrogens with one attached hydrogen (secondary N) is 1. The van der Waals surface area contributed by atoms with Crippen LogP contribution in [0.5, 0.6) is 0 Å². The lowest BCUT2D eigenvalue weighted by Crippen LogP contribution is -2.48. The molecule has 0 spiro atoms. The number of anilines is 1. The fourth-order valence-corrected chi connectivity index (χ4v) is 3.38. The van der Waals surface area contributed by atoms with Crippen LogP contribution in [-0.2, 0) is 11.2 Å². The Morgan fingerprint density at radius 3 is 1.82 bits per heavy atom. The average molecular weight is 370 g/mol. The highest BCUT2D eigenvalue weighted by Gasteiger charge is 2.42. The molecule has 0 saturated heterocycles. The summed E-state index contributed by atoms with van der Waals surface area (Å²) in [6.07, 6.45) is 0.241. The van der Waals surface area contributed by atoms with Gasteiger partial charge in [-0.1, -0.05) is 60.7 Å². The molecule has 4 rings (SSSR count). The normalized spacial score (nSPS) is 13.9. The molecule has 1 aliphatic heterocycles. The van der Waals surface area contributed by atoms with Crippen molar-refractivity contribution in [3.8, 4) is 0 Å². The second kappa shape index (κ2) is 7.48. The number of rotatable bonds is 5. The summed E-state index contributed by atoms with van der Waals surface area (Å²) < 4.78 is 0. The number of benzene rings is 3. The summed E-state index contributed by atoms with van der Waals surface area (Å²) >= 11 is 0. The molecule has 5 nitrogen and oxygen atoms in total. The van der Waals surface area contributed by atoms with Crippen molar-refractivity contribution in [3.05, 3.63) is 102 Å². The lowest BCUT2D eigenvalue weighted by Gasteiger charge is -2.25. The third-order valence-electron chi connectivity index (χ3n) is 4.75. The van der Waals surface area contributed by atoms with E-state index >= 15 is 0 Å². The minimum absolute atomic E-state index is 0.241. The second-order valence-electron chi connectivity index (χ2n) is 6.59. The van der Waals surface area contributed by atoms with Crippen LogP contribution in [0.1, 0.15) is 26.3 Å². The SMILES string of the molecule is O=C(Nc1ccccc1)[C@@H](Cc1ccccc1)N1C(=O)c2ccccc2C1=O. The number of fused-ring (bicyclic) bond motifs is 1.